The highest BCUT2D eigenvalue weighted by Crippen LogP contribution is 2.26. The summed E-state index contributed by atoms with van der Waals surface area (Å²) in [7, 11) is 0. The zero-order valence-corrected chi connectivity index (χ0v) is 11.4. The van der Waals surface area contributed by atoms with Crippen LogP contribution >= 0.6 is 0 Å². The molecule has 2 aromatic rings. The van der Waals surface area contributed by atoms with E-state index in [-0.39, 0.29) is 12.0 Å². The van der Waals surface area contributed by atoms with Gasteiger partial charge in [0.25, 0.3) is 0 Å². The molecule has 1 N–H and O–H groups in total. The van der Waals surface area contributed by atoms with Crippen LogP contribution in [-0.2, 0) is 12.0 Å². The summed E-state index contributed by atoms with van der Waals surface area (Å²) < 4.78 is 1.92. The first-order valence-electron chi connectivity index (χ1n) is 6.19. The van der Waals surface area contributed by atoms with Gasteiger partial charge in [-0.3, -0.25) is 0 Å². The van der Waals surface area contributed by atoms with Gasteiger partial charge in [0.1, 0.15) is 0 Å². The van der Waals surface area contributed by atoms with Crippen molar-refractivity contribution in [1.29, 1.82) is 0 Å². The first kappa shape index (κ1) is 12.8. The maximum absolute atomic E-state index is 9.26. The van der Waals surface area contributed by atoms with Gasteiger partial charge in [-0.1, -0.05) is 38.5 Å². The summed E-state index contributed by atoms with van der Waals surface area (Å²) in [5.41, 5.74) is 4.07. The minimum Gasteiger partial charge on any atom is -0.390 e. The molecule has 0 aliphatic heterocycles. The first-order valence-corrected chi connectivity index (χ1v) is 6.19. The topological polar surface area (TPSA) is 38.0 Å². The van der Waals surface area contributed by atoms with E-state index in [2.05, 4.69) is 57.1 Å². The lowest BCUT2D eigenvalue weighted by atomic mass is 9.91. The molecular weight excluding hydrogens is 224 g/mol. The average Bonchev–Trinajstić information content (AvgIpc) is 2.74. The standard InChI is InChI=1S/C15H20N2O/c1-11-5-7-13(8-6-11)17-14(15(2,3)4)9-12(10-18)16-17/h5-9,18H,10H2,1-4H3. The summed E-state index contributed by atoms with van der Waals surface area (Å²) in [6, 6.07) is 10.2. The lowest BCUT2D eigenvalue weighted by molar-refractivity contribution is 0.276. The Bertz CT molecular complexity index is 533. The number of aryl methyl sites for hydroxylation is 1. The molecule has 0 bridgehead atoms. The number of rotatable bonds is 2. The minimum atomic E-state index is -0.0259. The predicted molar refractivity (Wildman–Crippen MR) is 72.9 cm³/mol. The van der Waals surface area contributed by atoms with Crippen LogP contribution in [0.25, 0.3) is 5.69 Å². The monoisotopic (exact) mass is 244 g/mol. The van der Waals surface area contributed by atoms with Crippen LogP contribution in [0.2, 0.25) is 0 Å². The van der Waals surface area contributed by atoms with Gasteiger partial charge in [-0.25, -0.2) is 4.68 Å². The van der Waals surface area contributed by atoms with Gasteiger partial charge < -0.3 is 5.11 Å². The predicted octanol–water partition coefficient (Wildman–Crippen LogP) is 2.97. The van der Waals surface area contributed by atoms with Crippen molar-refractivity contribution < 1.29 is 5.11 Å². The molecule has 0 atom stereocenters. The van der Waals surface area contributed by atoms with Crippen molar-refractivity contribution in [1.82, 2.24) is 9.78 Å². The van der Waals surface area contributed by atoms with Crippen molar-refractivity contribution in [3.8, 4) is 5.69 Å². The molecule has 0 aliphatic carbocycles. The Morgan fingerprint density at radius 1 is 1.17 bits per heavy atom. The molecule has 0 spiro atoms. The molecule has 0 unspecified atom stereocenters. The molecule has 1 aromatic carbocycles. The van der Waals surface area contributed by atoms with Gasteiger partial charge in [-0.15, -0.1) is 0 Å². The SMILES string of the molecule is Cc1ccc(-n2nc(CO)cc2C(C)(C)C)cc1. The van der Waals surface area contributed by atoms with E-state index < -0.39 is 0 Å². The average molecular weight is 244 g/mol. The Labute approximate surface area is 108 Å². The van der Waals surface area contributed by atoms with E-state index in [9.17, 15) is 5.11 Å². The molecule has 3 heteroatoms. The fraction of sp³-hybridized carbons (Fsp3) is 0.400. The van der Waals surface area contributed by atoms with Gasteiger partial charge in [-0.2, -0.15) is 5.10 Å². The van der Waals surface area contributed by atoms with Gasteiger partial charge in [-0.05, 0) is 25.1 Å². The summed E-state index contributed by atoms with van der Waals surface area (Å²) in [5.74, 6) is 0. The van der Waals surface area contributed by atoms with E-state index in [0.29, 0.717) is 5.69 Å². The van der Waals surface area contributed by atoms with Gasteiger partial charge in [0, 0.05) is 11.1 Å². The maximum atomic E-state index is 9.26. The molecule has 18 heavy (non-hydrogen) atoms. The molecule has 1 heterocycles. The highest BCUT2D eigenvalue weighted by Gasteiger charge is 2.21. The quantitative estimate of drug-likeness (QED) is 0.882. The van der Waals surface area contributed by atoms with Crippen molar-refractivity contribution in [3.63, 3.8) is 0 Å². The molecular formula is C15H20N2O. The van der Waals surface area contributed by atoms with E-state index in [1.807, 2.05) is 10.7 Å². The molecule has 96 valence electrons. The number of aromatic nitrogens is 2. The van der Waals surface area contributed by atoms with Gasteiger partial charge in [0.05, 0.1) is 18.0 Å². The van der Waals surface area contributed by atoms with E-state index in [1.54, 1.807) is 0 Å². The Morgan fingerprint density at radius 2 is 1.78 bits per heavy atom. The summed E-state index contributed by atoms with van der Waals surface area (Å²) in [6.07, 6.45) is 0. The lowest BCUT2D eigenvalue weighted by Gasteiger charge is -2.20. The fourth-order valence-corrected chi connectivity index (χ4v) is 1.92. The third-order valence-electron chi connectivity index (χ3n) is 2.97. The van der Waals surface area contributed by atoms with Crippen molar-refractivity contribution in [2.45, 2.75) is 39.7 Å². The first-order chi connectivity index (χ1) is 8.41. The normalized spacial score (nSPS) is 11.8. The smallest absolute Gasteiger partial charge is 0.0886 e. The van der Waals surface area contributed by atoms with E-state index in [0.717, 1.165) is 11.4 Å². The summed E-state index contributed by atoms with van der Waals surface area (Å²) in [4.78, 5) is 0. The highest BCUT2D eigenvalue weighted by molar-refractivity contribution is 5.37. The van der Waals surface area contributed by atoms with Crippen LogP contribution in [-0.4, -0.2) is 14.9 Å². The molecule has 0 saturated heterocycles. The number of aliphatic hydroxyl groups excluding tert-OH is 1. The Hall–Kier alpha value is -1.61. The van der Waals surface area contributed by atoms with Crippen molar-refractivity contribution in [2.75, 3.05) is 0 Å². The van der Waals surface area contributed by atoms with Gasteiger partial charge in [0.15, 0.2) is 0 Å². The molecule has 3 nitrogen and oxygen atoms in total. The molecule has 2 rings (SSSR count). The Balaban J connectivity index is 2.55. The van der Waals surface area contributed by atoms with E-state index in [1.165, 1.54) is 5.56 Å². The van der Waals surface area contributed by atoms with E-state index >= 15 is 0 Å². The van der Waals surface area contributed by atoms with Gasteiger partial charge >= 0.3 is 0 Å². The molecule has 0 saturated carbocycles. The summed E-state index contributed by atoms with van der Waals surface area (Å²) in [6.45, 7) is 8.49. The number of aliphatic hydroxyl groups is 1. The molecule has 0 aliphatic rings. The van der Waals surface area contributed by atoms with Crippen LogP contribution in [0.4, 0.5) is 0 Å². The van der Waals surface area contributed by atoms with Gasteiger partial charge in [0.2, 0.25) is 0 Å². The molecule has 1 aromatic heterocycles. The third-order valence-corrected chi connectivity index (χ3v) is 2.97. The van der Waals surface area contributed by atoms with E-state index in [4.69, 9.17) is 0 Å². The highest BCUT2D eigenvalue weighted by atomic mass is 16.3. The summed E-state index contributed by atoms with van der Waals surface area (Å²) >= 11 is 0. The van der Waals surface area contributed by atoms with Crippen LogP contribution < -0.4 is 0 Å². The zero-order valence-electron chi connectivity index (χ0n) is 11.4. The van der Waals surface area contributed by atoms with Crippen LogP contribution in [0.5, 0.6) is 0 Å². The lowest BCUT2D eigenvalue weighted by Crippen LogP contribution is -2.17. The number of hydrogen-bond donors (Lipinski definition) is 1. The molecule has 0 amide bonds. The van der Waals surface area contributed by atoms with Crippen LogP contribution in [0.15, 0.2) is 30.3 Å². The largest absolute Gasteiger partial charge is 0.390 e. The molecule has 0 fully saturated rings. The van der Waals surface area contributed by atoms with Crippen LogP contribution in [0, 0.1) is 6.92 Å². The van der Waals surface area contributed by atoms with Crippen molar-refractivity contribution in [3.05, 3.63) is 47.3 Å². The number of hydrogen-bond acceptors (Lipinski definition) is 2. The summed E-state index contributed by atoms with van der Waals surface area (Å²) in [5, 5.41) is 13.7. The van der Waals surface area contributed by atoms with Crippen molar-refractivity contribution in [2.24, 2.45) is 0 Å². The van der Waals surface area contributed by atoms with Crippen LogP contribution in [0.3, 0.4) is 0 Å². The fourth-order valence-electron chi connectivity index (χ4n) is 1.92. The number of benzene rings is 1. The second-order valence-electron chi connectivity index (χ2n) is 5.68. The maximum Gasteiger partial charge on any atom is 0.0886 e. The Kier molecular flexibility index (Phi) is 3.26. The second kappa shape index (κ2) is 4.58. The minimum absolute atomic E-state index is 0.00862. The van der Waals surface area contributed by atoms with Crippen LogP contribution in [0.1, 0.15) is 37.7 Å². The second-order valence-corrected chi connectivity index (χ2v) is 5.68. The zero-order chi connectivity index (χ0) is 13.3. The third kappa shape index (κ3) is 2.46. The number of nitrogens with zero attached hydrogens (tertiary/aromatic N) is 2. The molecule has 0 radical (unpaired) electrons. The van der Waals surface area contributed by atoms with Crippen molar-refractivity contribution >= 4 is 0 Å². The Morgan fingerprint density at radius 3 is 2.28 bits per heavy atom.